The van der Waals surface area contributed by atoms with Crippen LogP contribution < -0.4 is 0 Å². The molecule has 0 unspecified atom stereocenters. The predicted octanol–water partition coefficient (Wildman–Crippen LogP) is 0.614. The number of rotatable bonds is 1. The van der Waals surface area contributed by atoms with Crippen molar-refractivity contribution in [2.24, 2.45) is 0 Å². The summed E-state index contributed by atoms with van der Waals surface area (Å²) in [5.41, 5.74) is 0.898. The van der Waals surface area contributed by atoms with E-state index in [4.69, 9.17) is 5.11 Å². The molecule has 0 saturated carbocycles. The average molecular weight is 140 g/mol. The molecule has 1 rings (SSSR count). The molecule has 0 saturated heterocycles. The van der Waals surface area contributed by atoms with Crippen molar-refractivity contribution < 1.29 is 10.2 Å². The summed E-state index contributed by atoms with van der Waals surface area (Å²) in [5.74, 6) is 0. The Balaban J connectivity index is 2.71. The van der Waals surface area contributed by atoms with Crippen molar-refractivity contribution in [2.45, 2.75) is 25.6 Å². The SMILES string of the molecule is CCC1=CC=C[C@@H](O)[C@@H]1O. The van der Waals surface area contributed by atoms with Gasteiger partial charge in [0.25, 0.3) is 0 Å². The molecule has 56 valence electrons. The Kier molecular flexibility index (Phi) is 2.25. The van der Waals surface area contributed by atoms with Gasteiger partial charge in [-0.15, -0.1) is 0 Å². The van der Waals surface area contributed by atoms with Crippen LogP contribution in [0.25, 0.3) is 0 Å². The zero-order chi connectivity index (χ0) is 7.56. The Morgan fingerprint density at radius 2 is 2.20 bits per heavy atom. The van der Waals surface area contributed by atoms with Crippen molar-refractivity contribution in [1.29, 1.82) is 0 Å². The van der Waals surface area contributed by atoms with Crippen molar-refractivity contribution in [3.8, 4) is 0 Å². The molecule has 0 amide bonds. The Hall–Kier alpha value is -0.600. The van der Waals surface area contributed by atoms with Crippen molar-refractivity contribution in [3.63, 3.8) is 0 Å². The lowest BCUT2D eigenvalue weighted by Crippen LogP contribution is -2.27. The van der Waals surface area contributed by atoms with Gasteiger partial charge in [-0.2, -0.15) is 0 Å². The van der Waals surface area contributed by atoms with E-state index in [0.29, 0.717) is 0 Å². The van der Waals surface area contributed by atoms with Crippen molar-refractivity contribution in [2.75, 3.05) is 0 Å². The zero-order valence-electron chi connectivity index (χ0n) is 5.99. The molecule has 0 aromatic rings. The lowest BCUT2D eigenvalue weighted by molar-refractivity contribution is 0.0697. The second kappa shape index (κ2) is 2.99. The Morgan fingerprint density at radius 1 is 1.50 bits per heavy atom. The average Bonchev–Trinajstić information content (AvgIpc) is 1.95. The minimum atomic E-state index is -0.708. The summed E-state index contributed by atoms with van der Waals surface area (Å²) in [6.45, 7) is 1.96. The van der Waals surface area contributed by atoms with E-state index in [1.807, 2.05) is 13.0 Å². The van der Waals surface area contributed by atoms with Gasteiger partial charge in [-0.25, -0.2) is 0 Å². The fraction of sp³-hybridized carbons (Fsp3) is 0.500. The highest BCUT2D eigenvalue weighted by molar-refractivity contribution is 5.24. The van der Waals surface area contributed by atoms with Gasteiger partial charge in [-0.05, 0) is 12.0 Å². The summed E-state index contributed by atoms with van der Waals surface area (Å²) in [4.78, 5) is 0. The Labute approximate surface area is 60.5 Å². The smallest absolute Gasteiger partial charge is 0.105 e. The monoisotopic (exact) mass is 140 g/mol. The van der Waals surface area contributed by atoms with E-state index >= 15 is 0 Å². The normalized spacial score (nSPS) is 32.1. The highest BCUT2D eigenvalue weighted by Gasteiger charge is 2.18. The summed E-state index contributed by atoms with van der Waals surface area (Å²) >= 11 is 0. The van der Waals surface area contributed by atoms with Crippen molar-refractivity contribution in [3.05, 3.63) is 23.8 Å². The van der Waals surface area contributed by atoms with E-state index < -0.39 is 12.2 Å². The van der Waals surface area contributed by atoms with Gasteiger partial charge in [-0.1, -0.05) is 25.2 Å². The van der Waals surface area contributed by atoms with Crippen LogP contribution in [-0.2, 0) is 0 Å². The molecule has 0 bridgehead atoms. The lowest BCUT2D eigenvalue weighted by Gasteiger charge is -2.19. The molecule has 0 aromatic carbocycles. The summed E-state index contributed by atoms with van der Waals surface area (Å²) in [6.07, 6.45) is 4.61. The van der Waals surface area contributed by atoms with Gasteiger partial charge in [-0.3, -0.25) is 0 Å². The minimum Gasteiger partial charge on any atom is -0.386 e. The van der Waals surface area contributed by atoms with Crippen LogP contribution in [0.5, 0.6) is 0 Å². The third-order valence-electron chi connectivity index (χ3n) is 1.73. The molecular formula is C8H12O2. The first-order valence-electron chi connectivity index (χ1n) is 3.49. The van der Waals surface area contributed by atoms with Crippen LogP contribution in [0, 0.1) is 0 Å². The number of hydrogen-bond acceptors (Lipinski definition) is 2. The van der Waals surface area contributed by atoms with Gasteiger partial charge in [0.1, 0.15) is 12.2 Å². The molecule has 0 spiro atoms. The second-order valence-corrected chi connectivity index (χ2v) is 2.42. The van der Waals surface area contributed by atoms with E-state index in [0.717, 1.165) is 12.0 Å². The number of allylic oxidation sites excluding steroid dienone is 2. The third kappa shape index (κ3) is 1.28. The maximum Gasteiger partial charge on any atom is 0.105 e. The molecule has 1 aliphatic rings. The Bertz CT molecular complexity index is 170. The van der Waals surface area contributed by atoms with E-state index in [-0.39, 0.29) is 0 Å². The summed E-state index contributed by atoms with van der Waals surface area (Å²) in [5, 5.41) is 18.4. The van der Waals surface area contributed by atoms with Gasteiger partial charge in [0.15, 0.2) is 0 Å². The van der Waals surface area contributed by atoms with Crippen LogP contribution in [-0.4, -0.2) is 22.4 Å². The number of hydrogen-bond donors (Lipinski definition) is 2. The zero-order valence-corrected chi connectivity index (χ0v) is 5.99. The van der Waals surface area contributed by atoms with E-state index in [1.165, 1.54) is 0 Å². The number of aliphatic hydroxyl groups is 2. The fourth-order valence-corrected chi connectivity index (χ4v) is 1.04. The molecule has 2 heteroatoms. The molecule has 0 aromatic heterocycles. The fourth-order valence-electron chi connectivity index (χ4n) is 1.04. The van der Waals surface area contributed by atoms with Crippen LogP contribution >= 0.6 is 0 Å². The predicted molar refractivity (Wildman–Crippen MR) is 39.5 cm³/mol. The minimum absolute atomic E-state index is 0.685. The number of aliphatic hydroxyl groups excluding tert-OH is 2. The summed E-state index contributed by atoms with van der Waals surface area (Å²) in [7, 11) is 0. The molecule has 10 heavy (non-hydrogen) atoms. The van der Waals surface area contributed by atoms with E-state index in [1.54, 1.807) is 12.2 Å². The highest BCUT2D eigenvalue weighted by atomic mass is 16.3. The van der Waals surface area contributed by atoms with Crippen LogP contribution in [0.3, 0.4) is 0 Å². The van der Waals surface area contributed by atoms with Crippen molar-refractivity contribution >= 4 is 0 Å². The van der Waals surface area contributed by atoms with Crippen LogP contribution in [0.15, 0.2) is 23.8 Å². The van der Waals surface area contributed by atoms with Gasteiger partial charge < -0.3 is 10.2 Å². The molecule has 0 aliphatic heterocycles. The molecule has 2 N–H and O–H groups in total. The van der Waals surface area contributed by atoms with Gasteiger partial charge in [0.05, 0.1) is 0 Å². The maximum atomic E-state index is 9.27. The molecule has 2 nitrogen and oxygen atoms in total. The quantitative estimate of drug-likeness (QED) is 0.560. The first kappa shape index (κ1) is 7.51. The summed E-state index contributed by atoms with van der Waals surface area (Å²) < 4.78 is 0. The van der Waals surface area contributed by atoms with E-state index in [2.05, 4.69) is 0 Å². The van der Waals surface area contributed by atoms with Gasteiger partial charge >= 0.3 is 0 Å². The standard InChI is InChI=1S/C8H12O2/c1-2-6-4-3-5-7(9)8(6)10/h3-5,7-10H,2H2,1H3/t7-,8-/m1/s1. The van der Waals surface area contributed by atoms with E-state index in [9.17, 15) is 5.11 Å². The molecule has 1 aliphatic carbocycles. The summed E-state index contributed by atoms with van der Waals surface area (Å²) in [6, 6.07) is 0. The van der Waals surface area contributed by atoms with Crippen molar-refractivity contribution in [1.82, 2.24) is 0 Å². The van der Waals surface area contributed by atoms with Crippen LogP contribution in [0.2, 0.25) is 0 Å². The van der Waals surface area contributed by atoms with Gasteiger partial charge in [0, 0.05) is 0 Å². The van der Waals surface area contributed by atoms with Crippen LogP contribution in [0.1, 0.15) is 13.3 Å². The molecule has 0 fully saturated rings. The Morgan fingerprint density at radius 3 is 2.70 bits per heavy atom. The first-order chi connectivity index (χ1) is 4.75. The topological polar surface area (TPSA) is 40.5 Å². The van der Waals surface area contributed by atoms with Crippen LogP contribution in [0.4, 0.5) is 0 Å². The molecular weight excluding hydrogens is 128 g/mol. The first-order valence-corrected chi connectivity index (χ1v) is 3.49. The third-order valence-corrected chi connectivity index (χ3v) is 1.73. The van der Waals surface area contributed by atoms with Gasteiger partial charge in [0.2, 0.25) is 0 Å². The largest absolute Gasteiger partial charge is 0.386 e. The highest BCUT2D eigenvalue weighted by Crippen LogP contribution is 2.15. The maximum absolute atomic E-state index is 9.27. The molecule has 2 atom stereocenters. The second-order valence-electron chi connectivity index (χ2n) is 2.42. The molecule has 0 radical (unpaired) electrons. The molecule has 0 heterocycles. The lowest BCUT2D eigenvalue weighted by atomic mass is 9.97.